The average Bonchev–Trinajstić information content (AvgIpc) is 3.02. The zero-order chi connectivity index (χ0) is 26.4. The predicted molar refractivity (Wildman–Crippen MR) is 139 cm³/mol. The first kappa shape index (κ1) is 25.8. The van der Waals surface area contributed by atoms with Gasteiger partial charge in [0, 0.05) is 39.1 Å². The van der Waals surface area contributed by atoms with Crippen molar-refractivity contribution in [2.45, 2.75) is 59.8 Å². The van der Waals surface area contributed by atoms with Crippen molar-refractivity contribution in [3.8, 4) is 11.1 Å². The molecule has 6 nitrogen and oxygen atoms in total. The molecule has 1 N–H and O–H groups in total. The third-order valence-corrected chi connectivity index (χ3v) is 6.46. The van der Waals surface area contributed by atoms with Gasteiger partial charge in [0.05, 0.1) is 12.1 Å². The maximum absolute atomic E-state index is 13.4. The minimum Gasteiger partial charge on any atom is -0.479 e. The highest BCUT2D eigenvalue weighted by Crippen LogP contribution is 2.42. The Morgan fingerprint density at radius 2 is 1.81 bits per heavy atom. The number of benzene rings is 1. The van der Waals surface area contributed by atoms with Crippen molar-refractivity contribution in [1.82, 2.24) is 14.5 Å². The Hall–Kier alpha value is -3.29. The first-order valence-corrected chi connectivity index (χ1v) is 12.0. The molecule has 0 amide bonds. The zero-order valence-electron chi connectivity index (χ0n) is 21.2. The Bertz CT molecular complexity index is 1440. The number of hydrogen-bond acceptors (Lipinski definition) is 4. The number of aromatic nitrogens is 3. The summed E-state index contributed by atoms with van der Waals surface area (Å²) in [7, 11) is 0. The maximum atomic E-state index is 13.4. The average molecular weight is 510 g/mol. The molecule has 1 aromatic carbocycles. The number of ether oxygens (including phenoxy) is 1. The Kier molecular flexibility index (Phi) is 6.90. The predicted octanol–water partition coefficient (Wildman–Crippen LogP) is 6.81. The molecule has 0 fully saturated rings. The van der Waals surface area contributed by atoms with Gasteiger partial charge in [0.1, 0.15) is 5.65 Å². The number of rotatable bonds is 6. The Morgan fingerprint density at radius 1 is 1.14 bits per heavy atom. The second-order valence-electron chi connectivity index (χ2n) is 9.93. The largest absolute Gasteiger partial charge is 0.479 e. The first-order chi connectivity index (χ1) is 16.9. The van der Waals surface area contributed by atoms with Gasteiger partial charge < -0.3 is 14.4 Å². The van der Waals surface area contributed by atoms with E-state index in [4.69, 9.17) is 21.3 Å². The van der Waals surface area contributed by atoms with Crippen molar-refractivity contribution < 1.29 is 19.0 Å². The molecule has 0 bridgehead atoms. The summed E-state index contributed by atoms with van der Waals surface area (Å²) in [5.41, 5.74) is 5.41. The molecule has 0 radical (unpaired) electrons. The van der Waals surface area contributed by atoms with E-state index in [1.807, 2.05) is 46.8 Å². The fourth-order valence-electron chi connectivity index (χ4n) is 4.49. The van der Waals surface area contributed by atoms with Crippen LogP contribution in [0.2, 0.25) is 5.02 Å². The summed E-state index contributed by atoms with van der Waals surface area (Å²) in [5.74, 6) is -1.62. The zero-order valence-corrected chi connectivity index (χ0v) is 21.9. The number of aryl methyl sites for hydroxylation is 2. The molecule has 0 aliphatic heterocycles. The molecule has 0 saturated carbocycles. The van der Waals surface area contributed by atoms with E-state index < -0.39 is 23.6 Å². The SMILES string of the molecule is Cc1nc2c(c(C)c(C)n2Cc2ccc(F)nc2)c(-c2ccc(Cl)cc2)c1[C@H](OC(C)(C)C)C(=O)O. The number of pyridine rings is 2. The van der Waals surface area contributed by atoms with E-state index in [-0.39, 0.29) is 0 Å². The van der Waals surface area contributed by atoms with Crippen LogP contribution in [0.5, 0.6) is 0 Å². The quantitative estimate of drug-likeness (QED) is 0.289. The van der Waals surface area contributed by atoms with Gasteiger partial charge in [-0.05, 0) is 76.4 Å². The number of halogens is 2. The van der Waals surface area contributed by atoms with Gasteiger partial charge in [0.2, 0.25) is 5.95 Å². The van der Waals surface area contributed by atoms with Crippen molar-refractivity contribution in [2.24, 2.45) is 0 Å². The molecule has 3 aromatic heterocycles. The number of hydrogen-bond donors (Lipinski definition) is 1. The van der Waals surface area contributed by atoms with E-state index >= 15 is 0 Å². The lowest BCUT2D eigenvalue weighted by molar-refractivity contribution is -0.160. The normalized spacial score (nSPS) is 12.8. The molecule has 0 spiro atoms. The van der Waals surface area contributed by atoms with Crippen LogP contribution in [0.4, 0.5) is 4.39 Å². The third-order valence-electron chi connectivity index (χ3n) is 6.20. The summed E-state index contributed by atoms with van der Waals surface area (Å²) < 4.78 is 21.5. The van der Waals surface area contributed by atoms with Gasteiger partial charge >= 0.3 is 5.97 Å². The van der Waals surface area contributed by atoms with Gasteiger partial charge in [-0.25, -0.2) is 14.8 Å². The highest BCUT2D eigenvalue weighted by molar-refractivity contribution is 6.30. The van der Waals surface area contributed by atoms with E-state index in [1.54, 1.807) is 25.1 Å². The Labute approximate surface area is 214 Å². The van der Waals surface area contributed by atoms with Crippen LogP contribution in [0.1, 0.15) is 55.0 Å². The molecule has 4 rings (SSSR count). The highest BCUT2D eigenvalue weighted by atomic mass is 35.5. The van der Waals surface area contributed by atoms with Crippen molar-refractivity contribution in [2.75, 3.05) is 0 Å². The number of carboxylic acid groups (broad SMARTS) is 1. The van der Waals surface area contributed by atoms with Gasteiger partial charge in [-0.3, -0.25) is 0 Å². The van der Waals surface area contributed by atoms with Crippen LogP contribution in [0.25, 0.3) is 22.2 Å². The molecule has 0 aliphatic rings. The van der Waals surface area contributed by atoms with Crippen molar-refractivity contribution >= 4 is 28.6 Å². The van der Waals surface area contributed by atoms with Crippen LogP contribution >= 0.6 is 11.6 Å². The number of carboxylic acids is 1. The third kappa shape index (κ3) is 4.99. The maximum Gasteiger partial charge on any atom is 0.337 e. The van der Waals surface area contributed by atoms with E-state index in [1.165, 1.54) is 12.3 Å². The standard InChI is InChI=1S/C28H29ClFN3O3/c1-15-17(3)33(14-18-7-12-21(30)31-13-18)26-22(15)24(19-8-10-20(29)11-9-19)23(16(2)32-26)25(27(34)35)36-28(4,5)6/h7-13,25H,14H2,1-6H3,(H,34,35)/t25-/m0/s1. The second-order valence-corrected chi connectivity index (χ2v) is 10.4. The molecular weight excluding hydrogens is 481 g/mol. The lowest BCUT2D eigenvalue weighted by Crippen LogP contribution is -2.28. The molecule has 36 heavy (non-hydrogen) atoms. The summed E-state index contributed by atoms with van der Waals surface area (Å²) in [6.45, 7) is 11.7. The lowest BCUT2D eigenvalue weighted by atomic mass is 9.91. The monoisotopic (exact) mass is 509 g/mol. The summed E-state index contributed by atoms with van der Waals surface area (Å²) >= 11 is 6.18. The van der Waals surface area contributed by atoms with Gasteiger partial charge in [-0.1, -0.05) is 29.8 Å². The van der Waals surface area contributed by atoms with Crippen molar-refractivity contribution in [3.63, 3.8) is 0 Å². The van der Waals surface area contributed by atoms with Gasteiger partial charge in [0.25, 0.3) is 0 Å². The number of carbonyl (C=O) groups is 1. The van der Waals surface area contributed by atoms with E-state index in [2.05, 4.69) is 9.55 Å². The van der Waals surface area contributed by atoms with E-state index in [0.717, 1.165) is 33.3 Å². The molecule has 3 heterocycles. The Morgan fingerprint density at radius 3 is 2.36 bits per heavy atom. The van der Waals surface area contributed by atoms with Crippen LogP contribution in [-0.4, -0.2) is 31.2 Å². The molecule has 8 heteroatoms. The molecule has 0 unspecified atom stereocenters. The molecule has 0 aliphatic carbocycles. The molecule has 4 aromatic rings. The molecule has 188 valence electrons. The smallest absolute Gasteiger partial charge is 0.337 e. The fourth-order valence-corrected chi connectivity index (χ4v) is 4.62. The van der Waals surface area contributed by atoms with Crippen LogP contribution in [0, 0.1) is 26.7 Å². The van der Waals surface area contributed by atoms with Crippen LogP contribution in [0.15, 0.2) is 42.6 Å². The number of fused-ring (bicyclic) bond motifs is 1. The van der Waals surface area contributed by atoms with Crippen molar-refractivity contribution in [1.29, 1.82) is 0 Å². The van der Waals surface area contributed by atoms with Gasteiger partial charge in [-0.2, -0.15) is 4.39 Å². The fraction of sp³-hybridized carbons (Fsp3) is 0.321. The minimum atomic E-state index is -1.23. The highest BCUT2D eigenvalue weighted by Gasteiger charge is 2.33. The summed E-state index contributed by atoms with van der Waals surface area (Å²) in [6.07, 6.45) is 0.284. The lowest BCUT2D eigenvalue weighted by Gasteiger charge is -2.28. The Balaban J connectivity index is 2.06. The van der Waals surface area contributed by atoms with E-state index in [9.17, 15) is 14.3 Å². The van der Waals surface area contributed by atoms with Crippen LogP contribution < -0.4 is 0 Å². The second kappa shape index (κ2) is 9.64. The number of nitrogens with zero attached hydrogens (tertiary/aromatic N) is 3. The first-order valence-electron chi connectivity index (χ1n) is 11.6. The van der Waals surface area contributed by atoms with Gasteiger partial charge in [0.15, 0.2) is 6.10 Å². The van der Waals surface area contributed by atoms with Crippen LogP contribution in [-0.2, 0) is 16.1 Å². The van der Waals surface area contributed by atoms with Crippen LogP contribution in [0.3, 0.4) is 0 Å². The summed E-state index contributed by atoms with van der Waals surface area (Å²) in [6, 6.07) is 10.4. The van der Waals surface area contributed by atoms with Crippen molar-refractivity contribution in [3.05, 3.63) is 81.6 Å². The molecule has 0 saturated heterocycles. The van der Waals surface area contributed by atoms with Gasteiger partial charge in [-0.15, -0.1) is 0 Å². The summed E-state index contributed by atoms with van der Waals surface area (Å²) in [4.78, 5) is 21.2. The molecular formula is C28H29ClFN3O3. The topological polar surface area (TPSA) is 77.2 Å². The summed E-state index contributed by atoms with van der Waals surface area (Å²) in [5, 5.41) is 11.7. The van der Waals surface area contributed by atoms with E-state index in [0.29, 0.717) is 28.5 Å². The number of aliphatic carboxylic acids is 1. The minimum absolute atomic E-state index is 0.441. The molecule has 1 atom stereocenters.